The van der Waals surface area contributed by atoms with Crippen LogP contribution >= 0.6 is 0 Å². The monoisotopic (exact) mass is 509 g/mol. The quantitative estimate of drug-likeness (QED) is 0.425. The van der Waals surface area contributed by atoms with Gasteiger partial charge in [-0.25, -0.2) is 0 Å². The van der Waals surface area contributed by atoms with Gasteiger partial charge in [-0.15, -0.1) is 0 Å². The zero-order valence-electron chi connectivity index (χ0n) is 21.1. The first-order chi connectivity index (χ1) is 18.7. The second-order valence-electron chi connectivity index (χ2n) is 10.3. The molecular weight excluding hydrogens is 478 g/mol. The van der Waals surface area contributed by atoms with Crippen molar-refractivity contribution in [1.82, 2.24) is 0 Å². The Hall–Kier alpha value is -3.58. The number of aliphatic hydroxyl groups is 1. The molecule has 3 aromatic carbocycles. The molecule has 1 aliphatic carbocycles. The van der Waals surface area contributed by atoms with Gasteiger partial charge in [0.15, 0.2) is 0 Å². The largest absolute Gasteiger partial charge is 0.491 e. The van der Waals surface area contributed by atoms with Crippen LogP contribution in [0.2, 0.25) is 0 Å². The molecule has 3 saturated heterocycles. The molecule has 6 heteroatoms. The Morgan fingerprint density at radius 1 is 0.789 bits per heavy atom. The van der Waals surface area contributed by atoms with Crippen molar-refractivity contribution in [2.45, 2.75) is 36.3 Å². The van der Waals surface area contributed by atoms with Gasteiger partial charge in [0, 0.05) is 5.69 Å². The summed E-state index contributed by atoms with van der Waals surface area (Å²) >= 11 is 0. The summed E-state index contributed by atoms with van der Waals surface area (Å²) in [5, 5.41) is 12.4. The molecule has 0 amide bonds. The van der Waals surface area contributed by atoms with E-state index >= 15 is 0 Å². The van der Waals surface area contributed by atoms with Crippen LogP contribution in [0.4, 0.5) is 5.69 Å². The molecule has 3 aromatic rings. The Labute approximate surface area is 222 Å². The van der Waals surface area contributed by atoms with Crippen LogP contribution in [-0.4, -0.2) is 56.0 Å². The van der Waals surface area contributed by atoms with Crippen LogP contribution in [0.1, 0.15) is 17.5 Å². The number of aliphatic hydroxyl groups excluding tert-OH is 1. The van der Waals surface area contributed by atoms with E-state index in [1.165, 1.54) is 5.57 Å². The summed E-state index contributed by atoms with van der Waals surface area (Å²) < 4.78 is 22.4. The van der Waals surface area contributed by atoms with Crippen LogP contribution in [-0.2, 0) is 14.9 Å². The van der Waals surface area contributed by atoms with E-state index in [2.05, 4.69) is 59.5 Å². The maximum atomic E-state index is 12.4. The molecule has 194 valence electrons. The van der Waals surface area contributed by atoms with Gasteiger partial charge in [-0.3, -0.25) is 0 Å². The fourth-order valence-corrected chi connectivity index (χ4v) is 5.86. The molecule has 4 atom stereocenters. The highest BCUT2D eigenvalue weighted by Gasteiger charge is 2.57. The molecule has 4 unspecified atom stereocenters. The molecular formula is C32H31NO5. The van der Waals surface area contributed by atoms with E-state index in [-0.39, 0.29) is 18.2 Å². The van der Waals surface area contributed by atoms with Crippen molar-refractivity contribution in [2.24, 2.45) is 0 Å². The number of allylic oxidation sites excluding steroid dienone is 2. The first kappa shape index (κ1) is 23.5. The van der Waals surface area contributed by atoms with Crippen LogP contribution in [0, 0.1) is 0 Å². The molecule has 0 bridgehead atoms. The lowest BCUT2D eigenvalue weighted by atomic mass is 9.67. The summed E-state index contributed by atoms with van der Waals surface area (Å²) in [7, 11) is 0. The topological polar surface area (TPSA) is 67.0 Å². The number of benzene rings is 3. The molecule has 3 heterocycles. The van der Waals surface area contributed by atoms with Crippen molar-refractivity contribution in [1.29, 1.82) is 0 Å². The van der Waals surface area contributed by atoms with Gasteiger partial charge in [-0.1, -0.05) is 60.7 Å². The molecule has 0 spiro atoms. The van der Waals surface area contributed by atoms with Crippen molar-refractivity contribution >= 4 is 5.69 Å². The normalized spacial score (nSPS) is 29.0. The maximum absolute atomic E-state index is 12.4. The first-order valence-corrected chi connectivity index (χ1v) is 13.3. The van der Waals surface area contributed by atoms with Gasteiger partial charge in [0.25, 0.3) is 0 Å². The van der Waals surface area contributed by atoms with E-state index in [0.717, 1.165) is 47.9 Å². The minimum absolute atomic E-state index is 0.0308. The lowest BCUT2D eigenvalue weighted by Gasteiger charge is -2.37. The fourth-order valence-electron chi connectivity index (χ4n) is 5.86. The van der Waals surface area contributed by atoms with E-state index in [1.54, 1.807) is 0 Å². The summed E-state index contributed by atoms with van der Waals surface area (Å²) in [5.74, 6) is 1.60. The summed E-state index contributed by atoms with van der Waals surface area (Å²) in [6.45, 7) is 2.64. The van der Waals surface area contributed by atoms with E-state index < -0.39 is 11.6 Å². The number of anilines is 1. The smallest absolute Gasteiger partial charge is 0.145 e. The number of ether oxygens (including phenoxy) is 4. The Kier molecular flexibility index (Phi) is 5.96. The molecule has 3 fully saturated rings. The zero-order chi connectivity index (χ0) is 25.5. The Bertz CT molecular complexity index is 1270. The summed E-state index contributed by atoms with van der Waals surface area (Å²) in [5.41, 5.74) is 3.44. The third-order valence-corrected chi connectivity index (χ3v) is 7.92. The van der Waals surface area contributed by atoms with Crippen LogP contribution in [0.15, 0.2) is 103 Å². The Morgan fingerprint density at radius 2 is 1.34 bits per heavy atom. The molecule has 4 aliphatic rings. The molecule has 0 saturated carbocycles. The summed E-state index contributed by atoms with van der Waals surface area (Å²) in [6.07, 6.45) is 6.88. The second kappa shape index (κ2) is 9.62. The molecule has 1 N–H and O–H groups in total. The third kappa shape index (κ3) is 4.19. The van der Waals surface area contributed by atoms with Gasteiger partial charge >= 0.3 is 0 Å². The minimum Gasteiger partial charge on any atom is -0.491 e. The van der Waals surface area contributed by atoms with Crippen molar-refractivity contribution < 1.29 is 24.1 Å². The van der Waals surface area contributed by atoms with Gasteiger partial charge < -0.3 is 29.0 Å². The number of hydrogen-bond acceptors (Lipinski definition) is 6. The van der Waals surface area contributed by atoms with Gasteiger partial charge in [-0.2, -0.15) is 0 Å². The number of nitrogens with zero attached hydrogens (tertiary/aromatic N) is 1. The molecule has 0 radical (unpaired) electrons. The van der Waals surface area contributed by atoms with E-state index in [0.29, 0.717) is 13.2 Å². The standard InChI is InChI=1S/C32H31NO5/c34-31-32(22-10-14-25(15-11-22)35-18-27-20-37-27,23-12-16-26(17-13-23)36-19-28-21-38-28)29-8-4-5-9-30(29)33(31)24-6-2-1-3-7-24/h1-8,10-17,27-28,30-31,34H,9,18-21H2. The van der Waals surface area contributed by atoms with Crippen molar-refractivity contribution in [3.05, 3.63) is 114 Å². The highest BCUT2D eigenvalue weighted by atomic mass is 16.6. The maximum Gasteiger partial charge on any atom is 0.145 e. The number of epoxide rings is 2. The lowest BCUT2D eigenvalue weighted by Crippen LogP contribution is -2.44. The fraction of sp³-hybridized carbons (Fsp3) is 0.312. The van der Waals surface area contributed by atoms with Crippen molar-refractivity contribution in [2.75, 3.05) is 31.3 Å². The predicted molar refractivity (Wildman–Crippen MR) is 145 cm³/mol. The molecule has 6 nitrogen and oxygen atoms in total. The number of fused-ring (bicyclic) bond motifs is 1. The van der Waals surface area contributed by atoms with Crippen LogP contribution in [0.3, 0.4) is 0 Å². The number of hydrogen-bond donors (Lipinski definition) is 1. The number of para-hydroxylation sites is 1. The highest BCUT2D eigenvalue weighted by Crippen LogP contribution is 2.54. The van der Waals surface area contributed by atoms with E-state index in [9.17, 15) is 5.11 Å². The molecule has 38 heavy (non-hydrogen) atoms. The summed E-state index contributed by atoms with van der Waals surface area (Å²) in [6, 6.07) is 26.6. The van der Waals surface area contributed by atoms with Gasteiger partial charge in [0.2, 0.25) is 0 Å². The van der Waals surface area contributed by atoms with Crippen molar-refractivity contribution in [3.63, 3.8) is 0 Å². The summed E-state index contributed by atoms with van der Waals surface area (Å²) in [4.78, 5) is 2.17. The Balaban J connectivity index is 1.32. The van der Waals surface area contributed by atoms with Gasteiger partial charge in [0.1, 0.15) is 43.1 Å². The predicted octanol–water partition coefficient (Wildman–Crippen LogP) is 4.62. The lowest BCUT2D eigenvalue weighted by molar-refractivity contribution is 0.137. The SMILES string of the molecule is OC1N(c2ccccc2)C2CC=CC=C2C1(c1ccc(OCC2CO2)cc1)c1ccc(OCC2CO2)cc1. The van der Waals surface area contributed by atoms with Crippen LogP contribution in [0.5, 0.6) is 11.5 Å². The molecule has 3 aliphatic heterocycles. The minimum atomic E-state index is -0.820. The first-order valence-electron chi connectivity index (χ1n) is 13.3. The van der Waals surface area contributed by atoms with Crippen LogP contribution < -0.4 is 14.4 Å². The second-order valence-corrected chi connectivity index (χ2v) is 10.3. The highest BCUT2D eigenvalue weighted by molar-refractivity contribution is 5.66. The van der Waals surface area contributed by atoms with E-state index in [1.807, 2.05) is 42.5 Å². The Morgan fingerprint density at radius 3 is 1.87 bits per heavy atom. The molecule has 7 rings (SSSR count). The van der Waals surface area contributed by atoms with Crippen LogP contribution in [0.25, 0.3) is 0 Å². The molecule has 0 aromatic heterocycles. The van der Waals surface area contributed by atoms with Gasteiger partial charge in [0.05, 0.1) is 24.7 Å². The zero-order valence-corrected chi connectivity index (χ0v) is 21.1. The average Bonchev–Trinajstić information content (AvgIpc) is 3.90. The van der Waals surface area contributed by atoms with Gasteiger partial charge in [-0.05, 0) is 59.5 Å². The number of rotatable bonds is 9. The van der Waals surface area contributed by atoms with E-state index in [4.69, 9.17) is 18.9 Å². The average molecular weight is 510 g/mol. The van der Waals surface area contributed by atoms with Crippen molar-refractivity contribution in [3.8, 4) is 11.5 Å². The third-order valence-electron chi connectivity index (χ3n) is 7.92.